The molecular formula is C24H20ClN3OS. The van der Waals surface area contributed by atoms with Crippen molar-refractivity contribution in [3.05, 3.63) is 114 Å². The van der Waals surface area contributed by atoms with Gasteiger partial charge >= 0.3 is 0 Å². The van der Waals surface area contributed by atoms with Gasteiger partial charge in [-0.2, -0.15) is 5.10 Å². The van der Waals surface area contributed by atoms with E-state index in [-0.39, 0.29) is 17.0 Å². The van der Waals surface area contributed by atoms with Gasteiger partial charge in [-0.15, -0.1) is 11.8 Å². The quantitative estimate of drug-likeness (QED) is 0.254. The van der Waals surface area contributed by atoms with E-state index in [1.54, 1.807) is 47.0 Å². The number of thioether (sulfide) groups is 1. The van der Waals surface area contributed by atoms with Gasteiger partial charge < -0.3 is 0 Å². The van der Waals surface area contributed by atoms with E-state index >= 15 is 0 Å². The number of benzene rings is 3. The van der Waals surface area contributed by atoms with E-state index in [0.29, 0.717) is 17.1 Å². The molecule has 1 aromatic heterocycles. The average molecular weight is 434 g/mol. The highest BCUT2D eigenvalue weighted by atomic mass is 35.5. The van der Waals surface area contributed by atoms with Gasteiger partial charge in [-0.3, -0.25) is 9.48 Å². The lowest BCUT2D eigenvalue weighted by atomic mass is 9.90. The molecule has 0 saturated carbocycles. The van der Waals surface area contributed by atoms with Crippen LogP contribution in [0, 0.1) is 5.92 Å². The Balaban J connectivity index is 1.75. The minimum Gasteiger partial charge on any atom is -0.294 e. The molecule has 0 spiro atoms. The van der Waals surface area contributed by atoms with Crippen molar-refractivity contribution in [1.29, 1.82) is 0 Å². The molecule has 0 N–H and O–H groups in total. The molecule has 150 valence electrons. The summed E-state index contributed by atoms with van der Waals surface area (Å²) in [4.78, 5) is 18.8. The molecule has 0 saturated heterocycles. The Morgan fingerprint density at radius 1 is 0.933 bits per heavy atom. The van der Waals surface area contributed by atoms with Crippen LogP contribution in [0.3, 0.4) is 0 Å². The van der Waals surface area contributed by atoms with Crippen LogP contribution >= 0.6 is 23.4 Å². The van der Waals surface area contributed by atoms with E-state index in [4.69, 9.17) is 11.6 Å². The molecule has 0 radical (unpaired) electrons. The fourth-order valence-corrected chi connectivity index (χ4v) is 4.74. The van der Waals surface area contributed by atoms with Gasteiger partial charge in [-0.25, -0.2) is 4.98 Å². The standard InChI is InChI=1S/C24H20ClN3OS/c25-20-13-11-18(12-14-20)23(29)22(15-28-17-26-16-27-28)24(19-7-3-1-4-8-19)30-21-9-5-2-6-10-21/h1-14,16-17,22,24H,15H2/t22-,24+/m1/s1. The molecule has 4 nitrogen and oxygen atoms in total. The van der Waals surface area contributed by atoms with Crippen molar-refractivity contribution in [3.8, 4) is 0 Å². The highest BCUT2D eigenvalue weighted by molar-refractivity contribution is 7.99. The van der Waals surface area contributed by atoms with Gasteiger partial charge in [-0.05, 0) is 42.0 Å². The SMILES string of the molecule is O=C(c1ccc(Cl)cc1)[C@@H](Cn1cncn1)[C@@H](Sc1ccccc1)c1ccccc1. The zero-order valence-corrected chi connectivity index (χ0v) is 17.7. The summed E-state index contributed by atoms with van der Waals surface area (Å²) in [5.41, 5.74) is 1.73. The summed E-state index contributed by atoms with van der Waals surface area (Å²) in [5, 5.41) is 4.76. The number of carbonyl (C=O) groups is 1. The van der Waals surface area contributed by atoms with Crippen molar-refractivity contribution in [3.63, 3.8) is 0 Å². The van der Waals surface area contributed by atoms with Crippen LogP contribution < -0.4 is 0 Å². The Bertz CT molecular complexity index is 1070. The Kier molecular flexibility index (Phi) is 6.62. The molecule has 3 aromatic carbocycles. The molecule has 0 unspecified atom stereocenters. The molecule has 0 aliphatic heterocycles. The molecule has 4 rings (SSSR count). The predicted octanol–water partition coefficient (Wildman–Crippen LogP) is 5.96. The van der Waals surface area contributed by atoms with Gasteiger partial charge in [0.1, 0.15) is 12.7 Å². The van der Waals surface area contributed by atoms with E-state index in [2.05, 4.69) is 34.3 Å². The summed E-state index contributed by atoms with van der Waals surface area (Å²) >= 11 is 7.73. The maximum Gasteiger partial charge on any atom is 0.169 e. The lowest BCUT2D eigenvalue weighted by Gasteiger charge is -2.26. The van der Waals surface area contributed by atoms with Crippen molar-refractivity contribution < 1.29 is 4.79 Å². The monoisotopic (exact) mass is 433 g/mol. The highest BCUT2D eigenvalue weighted by Crippen LogP contribution is 2.42. The first kappa shape index (κ1) is 20.4. The fourth-order valence-electron chi connectivity index (χ4n) is 3.34. The van der Waals surface area contributed by atoms with Crippen LogP contribution in [0.4, 0.5) is 0 Å². The van der Waals surface area contributed by atoms with Gasteiger partial charge in [0.15, 0.2) is 5.78 Å². The number of hydrogen-bond acceptors (Lipinski definition) is 4. The van der Waals surface area contributed by atoms with Crippen molar-refractivity contribution in [1.82, 2.24) is 14.8 Å². The van der Waals surface area contributed by atoms with Crippen molar-refractivity contribution in [2.45, 2.75) is 16.7 Å². The van der Waals surface area contributed by atoms with Crippen LogP contribution in [-0.2, 0) is 6.54 Å². The first-order valence-corrected chi connectivity index (χ1v) is 10.9. The summed E-state index contributed by atoms with van der Waals surface area (Å²) in [6.07, 6.45) is 3.14. The molecule has 0 aliphatic rings. The van der Waals surface area contributed by atoms with Crippen molar-refractivity contribution >= 4 is 29.1 Å². The second kappa shape index (κ2) is 9.74. The topological polar surface area (TPSA) is 47.8 Å². The number of rotatable bonds is 8. The zero-order chi connectivity index (χ0) is 20.8. The van der Waals surface area contributed by atoms with E-state index < -0.39 is 0 Å². The Labute approximate surface area is 184 Å². The molecule has 4 aromatic rings. The number of halogens is 1. The minimum atomic E-state index is -0.347. The molecular weight excluding hydrogens is 414 g/mol. The Morgan fingerprint density at radius 2 is 1.60 bits per heavy atom. The third-order valence-corrected chi connectivity index (χ3v) is 6.47. The Hall–Kier alpha value is -2.89. The van der Waals surface area contributed by atoms with E-state index in [1.807, 2.05) is 36.4 Å². The number of ketones is 1. The van der Waals surface area contributed by atoms with Crippen LogP contribution in [0.25, 0.3) is 0 Å². The van der Waals surface area contributed by atoms with Crippen LogP contribution in [0.1, 0.15) is 21.2 Å². The average Bonchev–Trinajstić information content (AvgIpc) is 3.31. The van der Waals surface area contributed by atoms with Gasteiger partial charge in [0.25, 0.3) is 0 Å². The molecule has 0 amide bonds. The van der Waals surface area contributed by atoms with Crippen LogP contribution in [0.5, 0.6) is 0 Å². The number of aromatic nitrogens is 3. The lowest BCUT2D eigenvalue weighted by molar-refractivity contribution is 0.0901. The summed E-state index contributed by atoms with van der Waals surface area (Å²) in [6, 6.07) is 27.4. The lowest BCUT2D eigenvalue weighted by Crippen LogP contribution is -2.26. The maximum atomic E-state index is 13.7. The van der Waals surface area contributed by atoms with Crippen molar-refractivity contribution in [2.75, 3.05) is 0 Å². The summed E-state index contributed by atoms with van der Waals surface area (Å²) in [5.74, 6) is -0.292. The molecule has 0 fully saturated rings. The normalized spacial score (nSPS) is 13.0. The zero-order valence-electron chi connectivity index (χ0n) is 16.1. The van der Waals surface area contributed by atoms with Gasteiger partial charge in [0.05, 0.1) is 12.5 Å². The van der Waals surface area contributed by atoms with E-state index in [0.717, 1.165) is 10.5 Å². The summed E-state index contributed by atoms with van der Waals surface area (Å²) < 4.78 is 1.72. The number of hydrogen-bond donors (Lipinski definition) is 0. The van der Waals surface area contributed by atoms with E-state index in [9.17, 15) is 4.79 Å². The van der Waals surface area contributed by atoms with Crippen LogP contribution in [0.2, 0.25) is 5.02 Å². The fraction of sp³-hybridized carbons (Fsp3) is 0.125. The summed E-state index contributed by atoms with van der Waals surface area (Å²) in [7, 11) is 0. The summed E-state index contributed by atoms with van der Waals surface area (Å²) in [6.45, 7) is 0.431. The van der Waals surface area contributed by atoms with Gasteiger partial charge in [0, 0.05) is 20.7 Å². The first-order valence-electron chi connectivity index (χ1n) is 9.59. The van der Waals surface area contributed by atoms with Gasteiger partial charge in [0.2, 0.25) is 0 Å². The molecule has 30 heavy (non-hydrogen) atoms. The molecule has 2 atom stereocenters. The van der Waals surface area contributed by atoms with Crippen LogP contribution in [0.15, 0.2) is 102 Å². The predicted molar refractivity (Wildman–Crippen MR) is 121 cm³/mol. The third-order valence-electron chi connectivity index (χ3n) is 4.82. The van der Waals surface area contributed by atoms with Crippen LogP contribution in [-0.4, -0.2) is 20.5 Å². The Morgan fingerprint density at radius 3 is 2.23 bits per heavy atom. The molecule has 0 bridgehead atoms. The van der Waals surface area contributed by atoms with Crippen molar-refractivity contribution in [2.24, 2.45) is 5.92 Å². The number of carbonyl (C=O) groups excluding carboxylic acids is 1. The smallest absolute Gasteiger partial charge is 0.169 e. The number of Topliss-reactive ketones (excluding diaryl/α,β-unsaturated/α-hetero) is 1. The second-order valence-electron chi connectivity index (χ2n) is 6.86. The van der Waals surface area contributed by atoms with E-state index in [1.165, 1.54) is 6.33 Å². The highest BCUT2D eigenvalue weighted by Gasteiger charge is 2.32. The molecule has 0 aliphatic carbocycles. The minimum absolute atomic E-state index is 0.0550. The number of nitrogens with zero attached hydrogens (tertiary/aromatic N) is 3. The van der Waals surface area contributed by atoms with Gasteiger partial charge in [-0.1, -0.05) is 60.1 Å². The molecule has 1 heterocycles. The maximum absolute atomic E-state index is 13.7. The first-order chi connectivity index (χ1) is 14.7. The second-order valence-corrected chi connectivity index (χ2v) is 8.51. The largest absolute Gasteiger partial charge is 0.294 e. The third kappa shape index (κ3) is 4.99. The molecule has 6 heteroatoms.